The predicted molar refractivity (Wildman–Crippen MR) is 235 cm³/mol. The van der Waals surface area contributed by atoms with Gasteiger partial charge in [0, 0.05) is 19.6 Å². The molecule has 0 aromatic heterocycles. The van der Waals surface area contributed by atoms with E-state index in [1.165, 1.54) is 141 Å². The molecular formula is C49H95NO5. The number of aliphatic hydroxyl groups is 1. The first-order valence-electron chi connectivity index (χ1n) is 24.4. The van der Waals surface area contributed by atoms with Crippen LogP contribution in [-0.4, -0.2) is 60.9 Å². The van der Waals surface area contributed by atoms with Gasteiger partial charge in [-0.1, -0.05) is 169 Å². The molecule has 0 radical (unpaired) electrons. The molecule has 6 heteroatoms. The Balaban J connectivity index is 2.30. The minimum Gasteiger partial charge on any atom is -0.465 e. The predicted octanol–water partition coefficient (Wildman–Crippen LogP) is 14.1. The number of esters is 2. The van der Waals surface area contributed by atoms with Crippen LogP contribution < -0.4 is 0 Å². The van der Waals surface area contributed by atoms with Gasteiger partial charge in [-0.2, -0.15) is 0 Å². The second-order valence-corrected chi connectivity index (χ2v) is 18.5. The Morgan fingerprint density at radius 1 is 0.600 bits per heavy atom. The monoisotopic (exact) mass is 778 g/mol. The molecular weight excluding hydrogens is 683 g/mol. The largest absolute Gasteiger partial charge is 0.465 e. The van der Waals surface area contributed by atoms with E-state index >= 15 is 0 Å². The minimum absolute atomic E-state index is 0.0188. The zero-order chi connectivity index (χ0) is 40.3. The molecule has 0 aromatic rings. The van der Waals surface area contributed by atoms with Crippen LogP contribution in [0, 0.1) is 10.8 Å². The van der Waals surface area contributed by atoms with Crippen LogP contribution in [0.4, 0.5) is 0 Å². The van der Waals surface area contributed by atoms with Gasteiger partial charge in [0.05, 0.1) is 12.0 Å². The van der Waals surface area contributed by atoms with E-state index in [0.717, 1.165) is 90.3 Å². The highest BCUT2D eigenvalue weighted by Gasteiger charge is 2.51. The molecule has 1 aliphatic carbocycles. The van der Waals surface area contributed by atoms with Gasteiger partial charge in [0.15, 0.2) is 0 Å². The summed E-state index contributed by atoms with van der Waals surface area (Å²) in [4.78, 5) is 28.3. The van der Waals surface area contributed by atoms with E-state index in [1.54, 1.807) is 0 Å². The fourth-order valence-electron chi connectivity index (χ4n) is 8.09. The molecule has 326 valence electrons. The van der Waals surface area contributed by atoms with Crippen molar-refractivity contribution >= 4 is 11.9 Å². The lowest BCUT2D eigenvalue weighted by Crippen LogP contribution is -2.28. The van der Waals surface area contributed by atoms with Crippen molar-refractivity contribution in [2.45, 2.75) is 259 Å². The zero-order valence-corrected chi connectivity index (χ0v) is 37.7. The van der Waals surface area contributed by atoms with E-state index in [0.29, 0.717) is 13.0 Å². The first-order chi connectivity index (χ1) is 26.7. The average molecular weight is 778 g/mol. The van der Waals surface area contributed by atoms with Gasteiger partial charge < -0.3 is 19.5 Å². The summed E-state index contributed by atoms with van der Waals surface area (Å²) in [6.07, 6.45) is 39.9. The maximum atomic E-state index is 13.5. The van der Waals surface area contributed by atoms with E-state index in [2.05, 4.69) is 39.5 Å². The van der Waals surface area contributed by atoms with Gasteiger partial charge in [-0.25, -0.2) is 0 Å². The Hall–Kier alpha value is -1.14. The van der Waals surface area contributed by atoms with Gasteiger partial charge >= 0.3 is 11.9 Å². The summed E-state index contributed by atoms with van der Waals surface area (Å²) < 4.78 is 12.0. The van der Waals surface area contributed by atoms with Crippen molar-refractivity contribution in [1.82, 2.24) is 4.90 Å². The molecule has 0 atom stereocenters. The number of hydrogen-bond acceptors (Lipinski definition) is 6. The van der Waals surface area contributed by atoms with E-state index in [1.807, 2.05) is 0 Å². The number of ether oxygens (including phenoxy) is 2. The maximum absolute atomic E-state index is 13.5. The summed E-state index contributed by atoms with van der Waals surface area (Å²) in [6, 6.07) is 0. The molecule has 6 nitrogen and oxygen atoms in total. The van der Waals surface area contributed by atoms with Crippen molar-refractivity contribution in [2.24, 2.45) is 10.8 Å². The fourth-order valence-corrected chi connectivity index (χ4v) is 8.09. The molecule has 0 spiro atoms. The molecule has 1 N–H and O–H groups in total. The van der Waals surface area contributed by atoms with Gasteiger partial charge in [0.25, 0.3) is 0 Å². The Morgan fingerprint density at radius 2 is 1.05 bits per heavy atom. The van der Waals surface area contributed by atoms with Gasteiger partial charge in [-0.3, -0.25) is 9.59 Å². The first-order valence-corrected chi connectivity index (χ1v) is 24.4. The number of rotatable bonds is 42. The van der Waals surface area contributed by atoms with Crippen LogP contribution in [0.5, 0.6) is 0 Å². The third-order valence-electron chi connectivity index (χ3n) is 12.3. The normalized spacial score (nSPS) is 13.9. The molecule has 0 heterocycles. The SMILES string of the molecule is CCCCCCCCCC(=O)OCC(C)(C)CCCCCN(CCCO)CCCCCCC1(C(=O)OC(CCCCCCCC)CCCCCCCC)CC1. The highest BCUT2D eigenvalue weighted by Crippen LogP contribution is 2.51. The Morgan fingerprint density at radius 3 is 1.58 bits per heavy atom. The topological polar surface area (TPSA) is 76.1 Å². The lowest BCUT2D eigenvalue weighted by atomic mass is 9.88. The summed E-state index contributed by atoms with van der Waals surface area (Å²) in [5, 5.41) is 9.49. The van der Waals surface area contributed by atoms with Crippen LogP contribution in [0.15, 0.2) is 0 Å². The first kappa shape index (κ1) is 51.9. The molecule has 0 saturated heterocycles. The Labute approximate surface area is 342 Å². The van der Waals surface area contributed by atoms with Crippen LogP contribution >= 0.6 is 0 Å². The number of aliphatic hydroxyl groups excluding tert-OH is 1. The highest BCUT2D eigenvalue weighted by atomic mass is 16.5. The molecule has 0 bridgehead atoms. The fraction of sp³-hybridized carbons (Fsp3) is 0.959. The zero-order valence-electron chi connectivity index (χ0n) is 37.7. The van der Waals surface area contributed by atoms with Crippen LogP contribution in [0.3, 0.4) is 0 Å². The lowest BCUT2D eigenvalue weighted by molar-refractivity contribution is -0.157. The van der Waals surface area contributed by atoms with Crippen LogP contribution in [-0.2, 0) is 19.1 Å². The molecule has 1 fully saturated rings. The van der Waals surface area contributed by atoms with E-state index in [4.69, 9.17) is 9.47 Å². The van der Waals surface area contributed by atoms with Crippen molar-refractivity contribution < 1.29 is 24.2 Å². The lowest BCUT2D eigenvalue weighted by Gasteiger charge is -2.25. The van der Waals surface area contributed by atoms with Gasteiger partial charge in [-0.05, 0) is 95.6 Å². The van der Waals surface area contributed by atoms with Gasteiger partial charge in [0.2, 0.25) is 0 Å². The standard InChI is InChI=1S/C49H95NO5/c1-6-9-12-15-18-21-27-35-46(52)54-44-48(4,5)36-28-24-31-41-50(42-32-43-51)40-30-23-22-29-37-49(38-39-49)47(53)55-45(33-25-19-16-13-10-7-2)34-26-20-17-14-11-8-3/h45,51H,6-44H2,1-5H3. The highest BCUT2D eigenvalue weighted by molar-refractivity contribution is 5.80. The molecule has 1 aliphatic rings. The number of carbonyl (C=O) groups excluding carboxylic acids is 2. The molecule has 0 aromatic carbocycles. The molecule has 1 saturated carbocycles. The third-order valence-corrected chi connectivity index (χ3v) is 12.3. The van der Waals surface area contributed by atoms with Crippen molar-refractivity contribution in [3.63, 3.8) is 0 Å². The third kappa shape index (κ3) is 29.7. The molecule has 0 unspecified atom stereocenters. The van der Waals surface area contributed by atoms with E-state index in [9.17, 15) is 14.7 Å². The van der Waals surface area contributed by atoms with Crippen molar-refractivity contribution in [2.75, 3.05) is 32.8 Å². The summed E-state index contributed by atoms with van der Waals surface area (Å²) in [5.74, 6) is 0.0878. The summed E-state index contributed by atoms with van der Waals surface area (Å²) in [7, 11) is 0. The second-order valence-electron chi connectivity index (χ2n) is 18.5. The quantitative estimate of drug-likeness (QED) is 0.0491. The van der Waals surface area contributed by atoms with Crippen molar-refractivity contribution in [1.29, 1.82) is 0 Å². The average Bonchev–Trinajstić information content (AvgIpc) is 3.97. The summed E-state index contributed by atoms with van der Waals surface area (Å²) in [6.45, 7) is 15.1. The van der Waals surface area contributed by atoms with Crippen LogP contribution in [0.1, 0.15) is 253 Å². The van der Waals surface area contributed by atoms with E-state index in [-0.39, 0.29) is 35.5 Å². The summed E-state index contributed by atoms with van der Waals surface area (Å²) >= 11 is 0. The number of carbonyl (C=O) groups is 2. The van der Waals surface area contributed by atoms with Crippen molar-refractivity contribution in [3.05, 3.63) is 0 Å². The van der Waals surface area contributed by atoms with Gasteiger partial charge in [0.1, 0.15) is 6.10 Å². The minimum atomic E-state index is -0.183. The van der Waals surface area contributed by atoms with Crippen LogP contribution in [0.25, 0.3) is 0 Å². The van der Waals surface area contributed by atoms with Crippen LogP contribution in [0.2, 0.25) is 0 Å². The van der Waals surface area contributed by atoms with E-state index < -0.39 is 0 Å². The molecule has 0 amide bonds. The molecule has 55 heavy (non-hydrogen) atoms. The Kier molecular flexibility index (Phi) is 32.9. The Bertz CT molecular complexity index is 871. The number of unbranched alkanes of at least 4 members (excludes halogenated alkanes) is 21. The van der Waals surface area contributed by atoms with Crippen molar-refractivity contribution in [3.8, 4) is 0 Å². The number of hydrogen-bond donors (Lipinski definition) is 1. The summed E-state index contributed by atoms with van der Waals surface area (Å²) in [5.41, 5.74) is -0.165. The number of nitrogens with zero attached hydrogens (tertiary/aromatic N) is 1. The smallest absolute Gasteiger partial charge is 0.312 e. The second kappa shape index (κ2) is 34.9. The maximum Gasteiger partial charge on any atom is 0.312 e. The van der Waals surface area contributed by atoms with Gasteiger partial charge in [-0.15, -0.1) is 0 Å². The molecule has 1 rings (SSSR count). The molecule has 0 aliphatic heterocycles.